The zero-order valence-electron chi connectivity index (χ0n) is 12.6. The van der Waals surface area contributed by atoms with Crippen molar-refractivity contribution in [2.45, 2.75) is 33.7 Å². The van der Waals surface area contributed by atoms with E-state index in [1.807, 2.05) is 13.0 Å². The van der Waals surface area contributed by atoms with E-state index < -0.39 is 0 Å². The Morgan fingerprint density at radius 1 is 1.20 bits per heavy atom. The van der Waals surface area contributed by atoms with E-state index in [-0.39, 0.29) is 12.0 Å². The van der Waals surface area contributed by atoms with Gasteiger partial charge in [0.2, 0.25) is 0 Å². The lowest BCUT2D eigenvalue weighted by Gasteiger charge is -2.24. The van der Waals surface area contributed by atoms with Crippen molar-refractivity contribution in [3.8, 4) is 0 Å². The number of benzene rings is 1. The van der Waals surface area contributed by atoms with Gasteiger partial charge >= 0.3 is 0 Å². The fourth-order valence-electron chi connectivity index (χ4n) is 2.32. The van der Waals surface area contributed by atoms with Gasteiger partial charge in [-0.1, -0.05) is 26.0 Å². The molecule has 2 N–H and O–H groups in total. The molecular formula is C17H24N2O. The number of pyridine rings is 1. The first-order valence-electron chi connectivity index (χ1n) is 7.18. The average molecular weight is 272 g/mol. The minimum atomic E-state index is 0.129. The van der Waals surface area contributed by atoms with Crippen LogP contribution in [0, 0.1) is 12.3 Å². The molecule has 0 saturated heterocycles. The predicted molar refractivity (Wildman–Crippen MR) is 83.7 cm³/mol. The van der Waals surface area contributed by atoms with E-state index in [0.29, 0.717) is 0 Å². The minimum Gasteiger partial charge on any atom is -0.396 e. The highest BCUT2D eigenvalue weighted by atomic mass is 16.3. The Hall–Kier alpha value is -1.45. The van der Waals surface area contributed by atoms with E-state index in [1.165, 1.54) is 10.9 Å². The molecule has 3 nitrogen and oxygen atoms in total. The number of hydrogen-bond acceptors (Lipinski definition) is 3. The number of rotatable bonds is 6. The predicted octanol–water partition coefficient (Wildman–Crippen LogP) is 3.04. The molecule has 0 spiro atoms. The first-order chi connectivity index (χ1) is 9.50. The van der Waals surface area contributed by atoms with Crippen molar-refractivity contribution in [3.63, 3.8) is 0 Å². The van der Waals surface area contributed by atoms with Crippen LogP contribution < -0.4 is 5.32 Å². The lowest BCUT2D eigenvalue weighted by Crippen LogP contribution is -2.29. The Labute approximate surface area is 121 Å². The van der Waals surface area contributed by atoms with Crippen molar-refractivity contribution >= 4 is 10.9 Å². The van der Waals surface area contributed by atoms with Gasteiger partial charge in [-0.25, -0.2) is 0 Å². The Balaban J connectivity index is 1.98. The lowest BCUT2D eigenvalue weighted by molar-refractivity contribution is 0.207. The standard InChI is InChI=1S/C17H24N2O/c1-13-4-6-15-10-14(5-7-16(15)19-13)11-18-12-17(2,3)8-9-20/h4-7,10,18,20H,8-9,11-12H2,1-3H3. The zero-order chi connectivity index (χ0) is 14.6. The molecule has 20 heavy (non-hydrogen) atoms. The summed E-state index contributed by atoms with van der Waals surface area (Å²) in [6, 6.07) is 10.6. The van der Waals surface area contributed by atoms with Crippen molar-refractivity contribution in [2.75, 3.05) is 13.2 Å². The molecule has 0 unspecified atom stereocenters. The molecule has 0 saturated carbocycles. The fraction of sp³-hybridized carbons (Fsp3) is 0.471. The van der Waals surface area contributed by atoms with Crippen LogP contribution in [-0.4, -0.2) is 23.2 Å². The van der Waals surface area contributed by atoms with Gasteiger partial charge in [-0.2, -0.15) is 0 Å². The van der Waals surface area contributed by atoms with Crippen LogP contribution in [0.2, 0.25) is 0 Å². The van der Waals surface area contributed by atoms with Gasteiger partial charge in [0, 0.05) is 30.8 Å². The van der Waals surface area contributed by atoms with Gasteiger partial charge in [-0.15, -0.1) is 0 Å². The molecule has 0 aliphatic carbocycles. The molecule has 0 bridgehead atoms. The summed E-state index contributed by atoms with van der Waals surface area (Å²) in [6.45, 7) is 8.34. The van der Waals surface area contributed by atoms with Gasteiger partial charge < -0.3 is 10.4 Å². The van der Waals surface area contributed by atoms with Crippen LogP contribution >= 0.6 is 0 Å². The van der Waals surface area contributed by atoms with E-state index in [9.17, 15) is 0 Å². The van der Waals surface area contributed by atoms with Crippen molar-refractivity contribution < 1.29 is 5.11 Å². The Morgan fingerprint density at radius 2 is 2.00 bits per heavy atom. The summed E-state index contributed by atoms with van der Waals surface area (Å²) < 4.78 is 0. The molecule has 3 heteroatoms. The SMILES string of the molecule is Cc1ccc2cc(CNCC(C)(C)CCO)ccc2n1. The molecular weight excluding hydrogens is 248 g/mol. The van der Waals surface area contributed by atoms with Crippen LogP contribution in [0.1, 0.15) is 31.5 Å². The van der Waals surface area contributed by atoms with Crippen molar-refractivity contribution in [1.29, 1.82) is 0 Å². The number of hydrogen-bond donors (Lipinski definition) is 2. The van der Waals surface area contributed by atoms with E-state index >= 15 is 0 Å². The van der Waals surface area contributed by atoms with E-state index in [2.05, 4.69) is 48.4 Å². The van der Waals surface area contributed by atoms with Gasteiger partial charge in [-0.05, 0) is 42.5 Å². The monoisotopic (exact) mass is 272 g/mol. The largest absolute Gasteiger partial charge is 0.396 e. The quantitative estimate of drug-likeness (QED) is 0.849. The van der Waals surface area contributed by atoms with E-state index in [1.54, 1.807) is 0 Å². The second-order valence-corrected chi connectivity index (χ2v) is 6.22. The van der Waals surface area contributed by atoms with Gasteiger partial charge in [0.15, 0.2) is 0 Å². The van der Waals surface area contributed by atoms with Crippen molar-refractivity contribution in [1.82, 2.24) is 10.3 Å². The molecule has 0 fully saturated rings. The second kappa shape index (κ2) is 6.33. The zero-order valence-corrected chi connectivity index (χ0v) is 12.6. The number of fused-ring (bicyclic) bond motifs is 1. The smallest absolute Gasteiger partial charge is 0.0705 e. The molecule has 0 aliphatic rings. The number of aliphatic hydroxyl groups is 1. The molecule has 0 amide bonds. The van der Waals surface area contributed by atoms with Crippen molar-refractivity contribution in [3.05, 3.63) is 41.6 Å². The number of nitrogens with one attached hydrogen (secondary N) is 1. The molecule has 1 aromatic heterocycles. The minimum absolute atomic E-state index is 0.129. The van der Waals surface area contributed by atoms with Crippen molar-refractivity contribution in [2.24, 2.45) is 5.41 Å². The van der Waals surface area contributed by atoms with Gasteiger partial charge in [0.1, 0.15) is 0 Å². The van der Waals surface area contributed by atoms with E-state index in [0.717, 1.165) is 30.7 Å². The normalized spacial score (nSPS) is 12.0. The highest BCUT2D eigenvalue weighted by Gasteiger charge is 2.16. The third-order valence-corrected chi connectivity index (χ3v) is 3.61. The molecule has 2 aromatic rings. The molecule has 0 atom stereocenters. The summed E-state index contributed by atoms with van der Waals surface area (Å²) >= 11 is 0. The molecule has 1 aromatic carbocycles. The third-order valence-electron chi connectivity index (χ3n) is 3.61. The first kappa shape index (κ1) is 14.9. The van der Waals surface area contributed by atoms with Gasteiger partial charge in [0.05, 0.1) is 5.52 Å². The lowest BCUT2D eigenvalue weighted by atomic mass is 9.90. The van der Waals surface area contributed by atoms with E-state index in [4.69, 9.17) is 5.11 Å². The Kier molecular flexibility index (Phi) is 4.73. The summed E-state index contributed by atoms with van der Waals surface area (Å²) in [4.78, 5) is 4.51. The average Bonchev–Trinajstić information content (AvgIpc) is 2.38. The Bertz CT molecular complexity index is 578. The Morgan fingerprint density at radius 3 is 2.75 bits per heavy atom. The third kappa shape index (κ3) is 4.02. The molecule has 0 radical (unpaired) electrons. The van der Waals surface area contributed by atoms with Gasteiger partial charge in [-0.3, -0.25) is 4.98 Å². The summed E-state index contributed by atoms with van der Waals surface area (Å²) in [5, 5.41) is 13.7. The number of nitrogens with zero attached hydrogens (tertiary/aromatic N) is 1. The highest BCUT2D eigenvalue weighted by molar-refractivity contribution is 5.79. The summed E-state index contributed by atoms with van der Waals surface area (Å²) in [6.07, 6.45) is 0.820. The topological polar surface area (TPSA) is 45.1 Å². The maximum Gasteiger partial charge on any atom is 0.0705 e. The number of aryl methyl sites for hydroxylation is 1. The number of aromatic nitrogens is 1. The number of aliphatic hydroxyl groups excluding tert-OH is 1. The maximum atomic E-state index is 9.02. The summed E-state index contributed by atoms with van der Waals surface area (Å²) in [5.74, 6) is 0. The second-order valence-electron chi connectivity index (χ2n) is 6.22. The van der Waals surface area contributed by atoms with Crippen LogP contribution in [0.5, 0.6) is 0 Å². The highest BCUT2D eigenvalue weighted by Crippen LogP contribution is 2.19. The molecule has 2 rings (SSSR count). The van der Waals surface area contributed by atoms with Crippen LogP contribution in [0.3, 0.4) is 0 Å². The summed E-state index contributed by atoms with van der Waals surface area (Å²) in [7, 11) is 0. The van der Waals surface area contributed by atoms with Gasteiger partial charge in [0.25, 0.3) is 0 Å². The maximum absolute atomic E-state index is 9.02. The van der Waals surface area contributed by atoms with Crippen LogP contribution in [-0.2, 0) is 6.54 Å². The molecule has 108 valence electrons. The first-order valence-corrected chi connectivity index (χ1v) is 7.18. The molecule has 1 heterocycles. The van der Waals surface area contributed by atoms with Crippen LogP contribution in [0.15, 0.2) is 30.3 Å². The summed E-state index contributed by atoms with van der Waals surface area (Å²) in [5.41, 5.74) is 3.50. The van der Waals surface area contributed by atoms with Crippen LogP contribution in [0.4, 0.5) is 0 Å². The van der Waals surface area contributed by atoms with Crippen LogP contribution in [0.25, 0.3) is 10.9 Å². The molecule has 0 aliphatic heterocycles. The fourth-order valence-corrected chi connectivity index (χ4v) is 2.32.